The summed E-state index contributed by atoms with van der Waals surface area (Å²) in [6.07, 6.45) is 6.89. The second kappa shape index (κ2) is 8.94. The van der Waals surface area contributed by atoms with E-state index in [-0.39, 0.29) is 11.7 Å². The van der Waals surface area contributed by atoms with E-state index in [4.69, 9.17) is 9.15 Å². The van der Waals surface area contributed by atoms with Crippen LogP contribution >= 0.6 is 0 Å². The van der Waals surface area contributed by atoms with Crippen LogP contribution in [0.15, 0.2) is 39.9 Å². The van der Waals surface area contributed by atoms with Crippen LogP contribution in [0.3, 0.4) is 0 Å². The Morgan fingerprint density at radius 1 is 1.23 bits per heavy atom. The molecule has 1 aliphatic heterocycles. The van der Waals surface area contributed by atoms with Gasteiger partial charge in [-0.25, -0.2) is 8.51 Å². The summed E-state index contributed by atoms with van der Waals surface area (Å²) >= 11 is 0. The lowest BCUT2D eigenvalue weighted by Crippen LogP contribution is -2.46. The van der Waals surface area contributed by atoms with E-state index < -0.39 is 11.0 Å². The number of fused-ring (bicyclic) bond motifs is 1. The van der Waals surface area contributed by atoms with Crippen molar-refractivity contribution in [3.05, 3.63) is 46.8 Å². The van der Waals surface area contributed by atoms with Crippen LogP contribution in [0.5, 0.6) is 5.75 Å². The van der Waals surface area contributed by atoms with E-state index in [1.165, 1.54) is 0 Å². The third-order valence-electron chi connectivity index (χ3n) is 5.41. The zero-order chi connectivity index (χ0) is 22.1. The van der Waals surface area contributed by atoms with Crippen molar-refractivity contribution in [2.24, 2.45) is 7.05 Å². The zero-order valence-electron chi connectivity index (χ0n) is 18.3. The van der Waals surface area contributed by atoms with E-state index in [0.717, 1.165) is 43.1 Å². The normalized spacial score (nSPS) is 16.8. The van der Waals surface area contributed by atoms with Gasteiger partial charge in [-0.1, -0.05) is 0 Å². The predicted molar refractivity (Wildman–Crippen MR) is 121 cm³/mol. The molecule has 4 rings (SSSR count). The van der Waals surface area contributed by atoms with E-state index >= 15 is 0 Å². The van der Waals surface area contributed by atoms with Gasteiger partial charge < -0.3 is 13.7 Å². The van der Waals surface area contributed by atoms with Gasteiger partial charge in [-0.15, -0.1) is 0 Å². The number of hydrogen-bond donors (Lipinski definition) is 0. The molecule has 3 aromatic heterocycles. The van der Waals surface area contributed by atoms with Crippen LogP contribution in [-0.2, 0) is 24.6 Å². The molecule has 0 bridgehead atoms. The Kier molecular flexibility index (Phi) is 6.27. The molecule has 0 aliphatic carbocycles. The van der Waals surface area contributed by atoms with E-state index in [2.05, 4.69) is 9.88 Å². The van der Waals surface area contributed by atoms with Crippen LogP contribution in [-0.4, -0.2) is 61.5 Å². The topological polar surface area (TPSA) is 80.8 Å². The van der Waals surface area contributed by atoms with E-state index in [1.807, 2.05) is 30.3 Å². The highest BCUT2D eigenvalue weighted by Gasteiger charge is 2.22. The smallest absolute Gasteiger partial charge is 0.261 e. The lowest BCUT2D eigenvalue weighted by molar-refractivity contribution is 0.176. The molecule has 9 heteroatoms. The molecule has 31 heavy (non-hydrogen) atoms. The summed E-state index contributed by atoms with van der Waals surface area (Å²) in [5.41, 5.74) is 2.10. The number of piperazine rings is 1. The monoisotopic (exact) mass is 444 g/mol. The maximum atomic E-state index is 12.8. The van der Waals surface area contributed by atoms with Crippen molar-refractivity contribution in [2.45, 2.75) is 26.5 Å². The van der Waals surface area contributed by atoms with Gasteiger partial charge in [-0.2, -0.15) is 0 Å². The van der Waals surface area contributed by atoms with Crippen molar-refractivity contribution in [3.63, 3.8) is 0 Å². The Balaban J connectivity index is 1.70. The minimum atomic E-state index is -0.940. The minimum absolute atomic E-state index is 0.00532. The Hall–Kier alpha value is -2.49. The molecule has 4 heterocycles. The molecular formula is C22H28N4O4S. The third kappa shape index (κ3) is 4.58. The second-order valence-electron chi connectivity index (χ2n) is 8.08. The number of furan rings is 1. The van der Waals surface area contributed by atoms with Gasteiger partial charge in [0.05, 0.1) is 35.2 Å². The molecule has 1 atom stereocenters. The van der Waals surface area contributed by atoms with Gasteiger partial charge in [0.25, 0.3) is 5.56 Å². The molecule has 1 unspecified atom stereocenters. The summed E-state index contributed by atoms with van der Waals surface area (Å²) in [7, 11) is 0.802. The fraction of sp³-hybridized carbons (Fsp3) is 0.455. The number of rotatable bonds is 6. The number of aromatic nitrogens is 2. The van der Waals surface area contributed by atoms with Crippen molar-refractivity contribution >= 4 is 22.0 Å². The highest BCUT2D eigenvalue weighted by Crippen LogP contribution is 2.35. The molecule has 0 aromatic carbocycles. The molecule has 1 aliphatic rings. The SMILES string of the molecule is CC(C)Oc1cnccc1-c1cn(C)c(=O)c2cc(CN3CCN(S(C)=O)CC3)oc12. The highest BCUT2D eigenvalue weighted by molar-refractivity contribution is 7.81. The average Bonchev–Trinajstić information content (AvgIpc) is 3.15. The fourth-order valence-corrected chi connectivity index (χ4v) is 4.56. The first-order chi connectivity index (χ1) is 14.8. The molecule has 0 amide bonds. The lowest BCUT2D eigenvalue weighted by Gasteiger charge is -2.32. The van der Waals surface area contributed by atoms with E-state index in [0.29, 0.717) is 23.3 Å². The van der Waals surface area contributed by atoms with E-state index in [1.54, 1.807) is 36.5 Å². The molecule has 0 N–H and O–H groups in total. The maximum Gasteiger partial charge on any atom is 0.261 e. The van der Waals surface area contributed by atoms with Gasteiger partial charge in [0.15, 0.2) is 0 Å². The van der Waals surface area contributed by atoms with Crippen LogP contribution in [0.2, 0.25) is 0 Å². The minimum Gasteiger partial charge on any atom is -0.489 e. The predicted octanol–water partition coefficient (Wildman–Crippen LogP) is 2.39. The van der Waals surface area contributed by atoms with Crippen molar-refractivity contribution in [1.82, 2.24) is 18.8 Å². The number of ether oxygens (including phenoxy) is 1. The fourth-order valence-electron chi connectivity index (χ4n) is 3.89. The van der Waals surface area contributed by atoms with Crippen LogP contribution in [0.1, 0.15) is 19.6 Å². The highest BCUT2D eigenvalue weighted by atomic mass is 32.2. The van der Waals surface area contributed by atoms with Gasteiger partial charge in [-0.3, -0.25) is 14.7 Å². The van der Waals surface area contributed by atoms with E-state index in [9.17, 15) is 9.00 Å². The first-order valence-corrected chi connectivity index (χ1v) is 11.9. The Morgan fingerprint density at radius 2 is 1.97 bits per heavy atom. The number of aryl methyl sites for hydroxylation is 1. The first-order valence-electron chi connectivity index (χ1n) is 10.4. The Bertz CT molecular complexity index is 1160. The van der Waals surface area contributed by atoms with Crippen molar-refractivity contribution in [2.75, 3.05) is 32.4 Å². The summed E-state index contributed by atoms with van der Waals surface area (Å²) in [6.45, 7) is 7.65. The Labute approximate surface area is 184 Å². The first kappa shape index (κ1) is 21.7. The van der Waals surface area contributed by atoms with Crippen LogP contribution < -0.4 is 10.3 Å². The molecule has 166 valence electrons. The summed E-state index contributed by atoms with van der Waals surface area (Å²) in [6, 6.07) is 3.72. The molecule has 8 nitrogen and oxygen atoms in total. The standard InChI is InChI=1S/C22H28N4O4S/c1-15(2)29-20-12-23-6-5-17(20)19-14-24(3)22(27)18-11-16(30-21(18)19)13-25-7-9-26(10-8-25)31(4)28/h5-6,11-12,14-15H,7-10,13H2,1-4H3. The molecule has 0 radical (unpaired) electrons. The van der Waals surface area contributed by atoms with Gasteiger partial charge in [0, 0.05) is 63.0 Å². The summed E-state index contributed by atoms with van der Waals surface area (Å²) in [5.74, 6) is 1.39. The van der Waals surface area contributed by atoms with Crippen molar-refractivity contribution in [3.8, 4) is 16.9 Å². The van der Waals surface area contributed by atoms with Gasteiger partial charge in [0.1, 0.15) is 17.1 Å². The van der Waals surface area contributed by atoms with Crippen molar-refractivity contribution < 1.29 is 13.4 Å². The molecule has 0 spiro atoms. The van der Waals surface area contributed by atoms with Gasteiger partial charge >= 0.3 is 0 Å². The molecule has 0 saturated carbocycles. The summed E-state index contributed by atoms with van der Waals surface area (Å²) in [4.78, 5) is 19.2. The number of hydrogen-bond acceptors (Lipinski definition) is 6. The summed E-state index contributed by atoms with van der Waals surface area (Å²) < 4.78 is 27.4. The third-order valence-corrected chi connectivity index (χ3v) is 6.51. The molecular weight excluding hydrogens is 416 g/mol. The maximum absolute atomic E-state index is 12.8. The van der Waals surface area contributed by atoms with Crippen LogP contribution in [0.4, 0.5) is 0 Å². The average molecular weight is 445 g/mol. The number of pyridine rings is 2. The quantitative estimate of drug-likeness (QED) is 0.581. The van der Waals surface area contributed by atoms with Crippen molar-refractivity contribution in [1.29, 1.82) is 0 Å². The van der Waals surface area contributed by atoms with Crippen LogP contribution in [0.25, 0.3) is 22.1 Å². The lowest BCUT2D eigenvalue weighted by atomic mass is 10.1. The zero-order valence-corrected chi connectivity index (χ0v) is 19.1. The largest absolute Gasteiger partial charge is 0.489 e. The molecule has 1 saturated heterocycles. The second-order valence-corrected chi connectivity index (χ2v) is 9.45. The Morgan fingerprint density at radius 3 is 2.65 bits per heavy atom. The molecule has 3 aromatic rings. The molecule has 1 fully saturated rings. The van der Waals surface area contributed by atoms with Crippen LogP contribution in [0, 0.1) is 0 Å². The van der Waals surface area contributed by atoms with Gasteiger partial charge in [-0.05, 0) is 26.0 Å². The summed E-state index contributed by atoms with van der Waals surface area (Å²) in [5, 5.41) is 0.551. The van der Waals surface area contributed by atoms with Gasteiger partial charge in [0.2, 0.25) is 0 Å². The number of nitrogens with zero attached hydrogens (tertiary/aromatic N) is 4.